The van der Waals surface area contributed by atoms with Crippen molar-refractivity contribution < 1.29 is 17.6 Å². The third-order valence-corrected chi connectivity index (χ3v) is 2.79. The molecular weight excluding hydrogens is 287 g/mol. The summed E-state index contributed by atoms with van der Waals surface area (Å²) in [4.78, 5) is 8.01. The van der Waals surface area contributed by atoms with E-state index < -0.39 is 11.7 Å². The molecule has 2 aromatic rings. The van der Waals surface area contributed by atoms with Crippen LogP contribution in [0.2, 0.25) is 0 Å². The van der Waals surface area contributed by atoms with Gasteiger partial charge in [0.1, 0.15) is 17.4 Å². The maximum atomic E-state index is 12.7. The van der Waals surface area contributed by atoms with E-state index in [-0.39, 0.29) is 18.2 Å². The number of pyridine rings is 1. The highest BCUT2D eigenvalue weighted by molar-refractivity contribution is 5.49. The van der Waals surface area contributed by atoms with Gasteiger partial charge in [-0.1, -0.05) is 0 Å². The lowest BCUT2D eigenvalue weighted by Crippen LogP contribution is -2.14. The van der Waals surface area contributed by atoms with Gasteiger partial charge in [0.05, 0.1) is 17.8 Å². The maximum Gasteiger partial charge on any atom is 0.416 e. The number of nitrogens with two attached hydrogens (primary N) is 1. The SMILES string of the molecule is Cc1nc(CNc2cc(C(F)(F)F)cc(NN)n2)oc1C. The lowest BCUT2D eigenvalue weighted by molar-refractivity contribution is -0.137. The fourth-order valence-electron chi connectivity index (χ4n) is 1.64. The van der Waals surface area contributed by atoms with Gasteiger partial charge in [0, 0.05) is 0 Å². The minimum atomic E-state index is -4.49. The molecule has 0 aliphatic rings. The molecule has 0 atom stereocenters. The average molecular weight is 301 g/mol. The number of aromatic nitrogens is 2. The molecule has 0 saturated carbocycles. The van der Waals surface area contributed by atoms with Gasteiger partial charge in [-0.05, 0) is 26.0 Å². The Labute approximate surface area is 118 Å². The number of alkyl halides is 3. The van der Waals surface area contributed by atoms with Crippen molar-refractivity contribution >= 4 is 11.6 Å². The second-order valence-electron chi connectivity index (χ2n) is 4.37. The number of anilines is 2. The smallest absolute Gasteiger partial charge is 0.416 e. The zero-order chi connectivity index (χ0) is 15.6. The van der Waals surface area contributed by atoms with Gasteiger partial charge in [0.25, 0.3) is 0 Å². The van der Waals surface area contributed by atoms with Crippen LogP contribution >= 0.6 is 0 Å². The molecule has 2 rings (SSSR count). The Bertz CT molecular complexity index is 619. The first kappa shape index (κ1) is 15.1. The molecule has 2 aromatic heterocycles. The van der Waals surface area contributed by atoms with Crippen LogP contribution in [0.15, 0.2) is 16.5 Å². The monoisotopic (exact) mass is 301 g/mol. The summed E-state index contributed by atoms with van der Waals surface area (Å²) < 4.78 is 43.6. The number of nitrogens with zero attached hydrogens (tertiary/aromatic N) is 2. The molecule has 0 bridgehead atoms. The van der Waals surface area contributed by atoms with E-state index in [0.29, 0.717) is 11.7 Å². The normalized spacial score (nSPS) is 11.5. The van der Waals surface area contributed by atoms with Crippen LogP contribution in [-0.2, 0) is 12.7 Å². The number of hydrazine groups is 1. The number of hydrogen-bond acceptors (Lipinski definition) is 6. The molecule has 6 nitrogen and oxygen atoms in total. The average Bonchev–Trinajstić information content (AvgIpc) is 2.74. The lowest BCUT2D eigenvalue weighted by atomic mass is 10.2. The van der Waals surface area contributed by atoms with E-state index in [9.17, 15) is 13.2 Å². The van der Waals surface area contributed by atoms with Crippen LogP contribution in [0.3, 0.4) is 0 Å². The molecule has 4 N–H and O–H groups in total. The van der Waals surface area contributed by atoms with Crippen molar-refractivity contribution in [1.82, 2.24) is 9.97 Å². The number of halogens is 3. The number of aryl methyl sites for hydroxylation is 2. The van der Waals surface area contributed by atoms with Crippen LogP contribution in [0.25, 0.3) is 0 Å². The van der Waals surface area contributed by atoms with E-state index in [1.807, 2.05) is 0 Å². The molecule has 0 aliphatic carbocycles. The third kappa shape index (κ3) is 3.63. The highest BCUT2D eigenvalue weighted by atomic mass is 19.4. The van der Waals surface area contributed by atoms with Gasteiger partial charge in [0.15, 0.2) is 0 Å². The molecule has 0 fully saturated rings. The van der Waals surface area contributed by atoms with Gasteiger partial charge < -0.3 is 15.2 Å². The van der Waals surface area contributed by atoms with Crippen molar-refractivity contribution in [1.29, 1.82) is 0 Å². The minimum Gasteiger partial charge on any atom is -0.444 e. The highest BCUT2D eigenvalue weighted by Crippen LogP contribution is 2.31. The molecule has 0 aliphatic heterocycles. The van der Waals surface area contributed by atoms with Crippen molar-refractivity contribution in [2.75, 3.05) is 10.7 Å². The number of oxazole rings is 1. The summed E-state index contributed by atoms with van der Waals surface area (Å²) in [5, 5.41) is 2.73. The van der Waals surface area contributed by atoms with Crippen LogP contribution in [0.4, 0.5) is 24.8 Å². The van der Waals surface area contributed by atoms with E-state index in [2.05, 4.69) is 20.7 Å². The summed E-state index contributed by atoms with van der Waals surface area (Å²) in [6.45, 7) is 3.65. The summed E-state index contributed by atoms with van der Waals surface area (Å²) in [5.74, 6) is 6.08. The van der Waals surface area contributed by atoms with Crippen molar-refractivity contribution in [2.24, 2.45) is 5.84 Å². The van der Waals surface area contributed by atoms with Crippen molar-refractivity contribution in [3.8, 4) is 0 Å². The van der Waals surface area contributed by atoms with Crippen molar-refractivity contribution in [3.05, 3.63) is 35.0 Å². The zero-order valence-corrected chi connectivity index (χ0v) is 11.4. The molecule has 0 spiro atoms. The Balaban J connectivity index is 2.19. The summed E-state index contributed by atoms with van der Waals surface area (Å²) in [6, 6.07) is 1.72. The number of hydrogen-bond donors (Lipinski definition) is 3. The van der Waals surface area contributed by atoms with E-state index in [4.69, 9.17) is 10.3 Å². The van der Waals surface area contributed by atoms with Gasteiger partial charge >= 0.3 is 6.18 Å². The van der Waals surface area contributed by atoms with Crippen LogP contribution in [0, 0.1) is 13.8 Å². The summed E-state index contributed by atoms with van der Waals surface area (Å²) in [6.07, 6.45) is -4.49. The topological polar surface area (TPSA) is 89.0 Å². The maximum absolute atomic E-state index is 12.7. The van der Waals surface area contributed by atoms with E-state index in [1.54, 1.807) is 13.8 Å². The Morgan fingerprint density at radius 1 is 1.19 bits per heavy atom. The molecule has 114 valence electrons. The van der Waals surface area contributed by atoms with Gasteiger partial charge in [-0.15, -0.1) is 0 Å². The molecule has 0 aromatic carbocycles. The quantitative estimate of drug-likeness (QED) is 0.594. The second-order valence-corrected chi connectivity index (χ2v) is 4.37. The van der Waals surface area contributed by atoms with Crippen LogP contribution in [0.5, 0.6) is 0 Å². The van der Waals surface area contributed by atoms with Gasteiger partial charge in [-0.2, -0.15) is 13.2 Å². The zero-order valence-electron chi connectivity index (χ0n) is 11.4. The molecule has 0 unspecified atom stereocenters. The van der Waals surface area contributed by atoms with Gasteiger partial charge in [-0.3, -0.25) is 0 Å². The largest absolute Gasteiger partial charge is 0.444 e. The molecule has 0 saturated heterocycles. The lowest BCUT2D eigenvalue weighted by Gasteiger charge is -2.11. The van der Waals surface area contributed by atoms with E-state index >= 15 is 0 Å². The summed E-state index contributed by atoms with van der Waals surface area (Å²) in [7, 11) is 0. The second kappa shape index (κ2) is 5.60. The number of nitrogen functional groups attached to an aromatic ring is 1. The van der Waals surface area contributed by atoms with E-state index in [1.165, 1.54) is 0 Å². The predicted octanol–water partition coefficient (Wildman–Crippen LogP) is 2.60. The Morgan fingerprint density at radius 2 is 1.86 bits per heavy atom. The van der Waals surface area contributed by atoms with Gasteiger partial charge in [-0.25, -0.2) is 15.8 Å². The Hall–Kier alpha value is -2.29. The molecule has 2 heterocycles. The molecule has 9 heteroatoms. The molecular formula is C12H14F3N5O. The fraction of sp³-hybridized carbons (Fsp3) is 0.333. The van der Waals surface area contributed by atoms with Crippen LogP contribution in [0.1, 0.15) is 22.9 Å². The van der Waals surface area contributed by atoms with Crippen molar-refractivity contribution in [2.45, 2.75) is 26.6 Å². The van der Waals surface area contributed by atoms with E-state index in [0.717, 1.165) is 17.8 Å². The first-order valence-electron chi connectivity index (χ1n) is 6.02. The van der Waals surface area contributed by atoms with Crippen LogP contribution in [-0.4, -0.2) is 9.97 Å². The Morgan fingerprint density at radius 3 is 2.38 bits per heavy atom. The summed E-state index contributed by atoms with van der Waals surface area (Å²) >= 11 is 0. The third-order valence-electron chi connectivity index (χ3n) is 2.79. The number of nitrogens with one attached hydrogen (secondary N) is 2. The molecule has 0 radical (unpaired) electrons. The standard InChI is InChI=1S/C12H14F3N5O/c1-6-7(2)21-11(18-6)5-17-9-3-8(12(13,14)15)4-10(19-9)20-16/h3-4H,5,16H2,1-2H3,(H2,17,19,20). The first-order chi connectivity index (χ1) is 9.79. The number of rotatable bonds is 4. The molecule has 21 heavy (non-hydrogen) atoms. The van der Waals surface area contributed by atoms with Crippen LogP contribution < -0.4 is 16.6 Å². The first-order valence-corrected chi connectivity index (χ1v) is 6.02. The van der Waals surface area contributed by atoms with Gasteiger partial charge in [0.2, 0.25) is 5.89 Å². The fourth-order valence-corrected chi connectivity index (χ4v) is 1.64. The summed E-state index contributed by atoms with van der Waals surface area (Å²) in [5.41, 5.74) is 1.98. The predicted molar refractivity (Wildman–Crippen MR) is 70.4 cm³/mol. The minimum absolute atomic E-state index is 0.0197. The molecule has 0 amide bonds. The Kier molecular flexibility index (Phi) is 4.03. The van der Waals surface area contributed by atoms with Crippen molar-refractivity contribution in [3.63, 3.8) is 0 Å². The highest BCUT2D eigenvalue weighted by Gasteiger charge is 2.31.